The van der Waals surface area contributed by atoms with Crippen molar-refractivity contribution in [2.24, 2.45) is 18.0 Å². The van der Waals surface area contributed by atoms with E-state index in [4.69, 9.17) is 0 Å². The summed E-state index contributed by atoms with van der Waals surface area (Å²) in [6.45, 7) is 11.5. The van der Waals surface area contributed by atoms with E-state index in [0.717, 1.165) is 34.0 Å². The van der Waals surface area contributed by atoms with Crippen LogP contribution in [0.15, 0.2) is 58.7 Å². The van der Waals surface area contributed by atoms with Gasteiger partial charge in [0.15, 0.2) is 5.82 Å². The minimum absolute atomic E-state index is 0.0344. The summed E-state index contributed by atoms with van der Waals surface area (Å²) in [7, 11) is 1.88. The number of benzene rings is 1. The Labute approximate surface area is 235 Å². The van der Waals surface area contributed by atoms with E-state index in [1.165, 1.54) is 4.67 Å². The van der Waals surface area contributed by atoms with Crippen molar-refractivity contribution in [1.29, 1.82) is 0 Å². The first kappa shape index (κ1) is 29.3. The van der Waals surface area contributed by atoms with Gasteiger partial charge in [0.2, 0.25) is 0 Å². The van der Waals surface area contributed by atoms with Crippen LogP contribution in [0.25, 0.3) is 11.3 Å². The molecular weight excluding hydrogens is 626 g/mol. The van der Waals surface area contributed by atoms with Crippen LogP contribution in [0.5, 0.6) is 0 Å². The molecule has 2 atom stereocenters. The van der Waals surface area contributed by atoms with Crippen molar-refractivity contribution in [2.75, 3.05) is 28.1 Å². The minimum atomic E-state index is -2.52. The van der Waals surface area contributed by atoms with Gasteiger partial charge in [-0.2, -0.15) is 5.10 Å². The molecule has 2 unspecified atom stereocenters. The highest BCUT2D eigenvalue weighted by Crippen LogP contribution is 2.45. The minimum Gasteiger partial charge on any atom is -0.353 e. The third kappa shape index (κ3) is 7.42. The van der Waals surface area contributed by atoms with Gasteiger partial charge < -0.3 is 15.3 Å². The van der Waals surface area contributed by atoms with E-state index >= 15 is 0 Å². The molecule has 12 heteroatoms. The first-order valence-electron chi connectivity index (χ1n) is 11.5. The SMILES string of the molecule is C=Nc1c(Nc2ccc(-c3ccn(C)n3)cc2SC)cc(NC(=C)C(C)CC)nc1N(CC(F)F)PI. The Morgan fingerprint density at radius 2 is 2.05 bits per heavy atom. The van der Waals surface area contributed by atoms with Gasteiger partial charge in [-0.15, -0.1) is 11.8 Å². The predicted octanol–water partition coefficient (Wildman–Crippen LogP) is 8.27. The number of anilines is 4. The molecule has 0 saturated heterocycles. The first-order chi connectivity index (χ1) is 17.7. The molecule has 0 fully saturated rings. The normalized spacial score (nSPS) is 12.2. The lowest BCUT2D eigenvalue weighted by atomic mass is 10.1. The number of aryl methyl sites for hydroxylation is 1. The molecule has 2 aromatic heterocycles. The van der Waals surface area contributed by atoms with Crippen LogP contribution >= 0.6 is 40.2 Å². The number of aromatic nitrogens is 3. The Kier molecular flexibility index (Phi) is 10.7. The topological polar surface area (TPSA) is 70.4 Å². The monoisotopic (exact) mass is 657 g/mol. The summed E-state index contributed by atoms with van der Waals surface area (Å²) >= 11 is 3.67. The van der Waals surface area contributed by atoms with Crippen LogP contribution in [0.1, 0.15) is 20.3 Å². The number of allylic oxidation sites excluding steroid dienone is 1. The maximum Gasteiger partial charge on any atom is 0.256 e. The molecule has 198 valence electrons. The lowest BCUT2D eigenvalue weighted by Gasteiger charge is -2.25. The van der Waals surface area contributed by atoms with Crippen molar-refractivity contribution in [2.45, 2.75) is 31.6 Å². The maximum absolute atomic E-state index is 13.4. The van der Waals surface area contributed by atoms with E-state index in [1.807, 2.05) is 43.8 Å². The molecule has 37 heavy (non-hydrogen) atoms. The van der Waals surface area contributed by atoms with E-state index in [2.05, 4.69) is 81.0 Å². The van der Waals surface area contributed by atoms with Gasteiger partial charge in [0, 0.05) is 41.8 Å². The fourth-order valence-electron chi connectivity index (χ4n) is 3.53. The molecule has 3 aromatic rings. The number of alkyl halides is 2. The Hall–Kier alpha value is -2.24. The number of halogens is 3. The molecule has 0 aliphatic carbocycles. The zero-order valence-corrected chi connectivity index (χ0v) is 25.2. The van der Waals surface area contributed by atoms with Gasteiger partial charge in [-0.3, -0.25) is 9.67 Å². The molecule has 3 rings (SSSR count). The van der Waals surface area contributed by atoms with Gasteiger partial charge in [0.25, 0.3) is 6.43 Å². The largest absolute Gasteiger partial charge is 0.353 e. The van der Waals surface area contributed by atoms with Crippen molar-refractivity contribution in [3.8, 4) is 11.3 Å². The molecule has 0 aliphatic heterocycles. The van der Waals surface area contributed by atoms with Crippen molar-refractivity contribution in [3.05, 3.63) is 48.8 Å². The summed E-state index contributed by atoms with van der Waals surface area (Å²) in [4.78, 5) is 9.86. The Balaban J connectivity index is 2.09. The molecule has 0 bridgehead atoms. The quantitative estimate of drug-likeness (QED) is 0.0835. The average molecular weight is 658 g/mol. The van der Waals surface area contributed by atoms with Gasteiger partial charge >= 0.3 is 0 Å². The smallest absolute Gasteiger partial charge is 0.256 e. The molecule has 7 nitrogen and oxygen atoms in total. The molecule has 2 heterocycles. The average Bonchev–Trinajstić information content (AvgIpc) is 3.32. The number of nitrogens with one attached hydrogen (secondary N) is 2. The van der Waals surface area contributed by atoms with E-state index < -0.39 is 13.0 Å². The lowest BCUT2D eigenvalue weighted by molar-refractivity contribution is 0.159. The highest BCUT2D eigenvalue weighted by molar-refractivity contribution is 14.2. The molecule has 1 aromatic carbocycles. The summed E-state index contributed by atoms with van der Waals surface area (Å²) in [5.41, 5.74) is 4.53. The highest BCUT2D eigenvalue weighted by Gasteiger charge is 2.22. The highest BCUT2D eigenvalue weighted by atomic mass is 127. The van der Waals surface area contributed by atoms with E-state index in [1.54, 1.807) is 16.4 Å². The number of thioether (sulfide) groups is 1. The number of aliphatic imine (C=N–C) groups is 1. The van der Waals surface area contributed by atoms with Gasteiger partial charge in [-0.25, -0.2) is 13.8 Å². The number of nitrogens with zero attached hydrogens (tertiary/aromatic N) is 5. The van der Waals surface area contributed by atoms with Gasteiger partial charge in [0.05, 0.1) is 23.6 Å². The fraction of sp³-hybridized carbons (Fsp3) is 0.320. The third-order valence-electron chi connectivity index (χ3n) is 5.79. The summed E-state index contributed by atoms with van der Waals surface area (Å²) in [6, 6.07) is 9.82. The van der Waals surface area contributed by atoms with Crippen molar-refractivity contribution >= 4 is 75.6 Å². The van der Waals surface area contributed by atoms with E-state index in [9.17, 15) is 8.78 Å². The number of pyridine rings is 1. The van der Waals surface area contributed by atoms with Gasteiger partial charge in [0.1, 0.15) is 11.5 Å². The maximum atomic E-state index is 13.4. The molecule has 0 aliphatic rings. The second kappa shape index (κ2) is 13.5. The molecule has 0 saturated carbocycles. The summed E-state index contributed by atoms with van der Waals surface area (Å²) < 4.78 is 30.1. The lowest BCUT2D eigenvalue weighted by Crippen LogP contribution is -2.21. The first-order valence-corrected chi connectivity index (χ1v) is 16.8. The summed E-state index contributed by atoms with van der Waals surface area (Å²) in [5.74, 6) is 1.05. The van der Waals surface area contributed by atoms with Gasteiger partial charge in [-0.1, -0.05) is 26.5 Å². The molecule has 0 amide bonds. The van der Waals surface area contributed by atoms with Crippen LogP contribution < -0.4 is 15.3 Å². The second-order valence-electron chi connectivity index (χ2n) is 8.35. The van der Waals surface area contributed by atoms with E-state index in [-0.39, 0.29) is 12.3 Å². The van der Waals surface area contributed by atoms with Gasteiger partial charge in [-0.05, 0) is 65.6 Å². The van der Waals surface area contributed by atoms with Crippen molar-refractivity contribution in [1.82, 2.24) is 14.8 Å². The van der Waals surface area contributed by atoms with Crippen LogP contribution in [0.4, 0.5) is 37.5 Å². The Bertz CT molecular complexity index is 1250. The van der Waals surface area contributed by atoms with Crippen LogP contribution in [0.3, 0.4) is 0 Å². The molecule has 2 N–H and O–H groups in total. The zero-order chi connectivity index (χ0) is 27.1. The predicted molar refractivity (Wildman–Crippen MR) is 165 cm³/mol. The summed E-state index contributed by atoms with van der Waals surface area (Å²) in [5, 5.41) is 11.2. The van der Waals surface area contributed by atoms with Crippen molar-refractivity contribution in [3.63, 3.8) is 0 Å². The molecule has 0 radical (unpaired) electrons. The van der Waals surface area contributed by atoms with Crippen LogP contribution in [0, 0.1) is 5.92 Å². The fourth-order valence-corrected chi connectivity index (χ4v) is 5.83. The number of hydrogen-bond acceptors (Lipinski definition) is 7. The number of hydrogen-bond donors (Lipinski definition) is 2. The second-order valence-corrected chi connectivity index (χ2v) is 11.4. The van der Waals surface area contributed by atoms with Crippen LogP contribution in [-0.2, 0) is 7.05 Å². The van der Waals surface area contributed by atoms with Crippen LogP contribution in [0.2, 0.25) is 0 Å². The standard InChI is InChI=1S/C25H31F2IN7PS/c1-7-15(2)16(3)30-23-13-20(24(29-4)25(32-23)35(36-28)14-22(26)27)31-19-9-8-17(12-21(19)37-6)18-10-11-34(5)33-18/h8-13,15,22,36H,3-4,7,14H2,1-2,5-6H3,(H2,30,31,32). The van der Waals surface area contributed by atoms with Crippen molar-refractivity contribution < 1.29 is 8.78 Å². The molecule has 0 spiro atoms. The molecular formula is C25H31F2IN7PS. The third-order valence-corrected chi connectivity index (χ3v) is 8.91. The number of rotatable bonds is 13. The van der Waals surface area contributed by atoms with Crippen LogP contribution in [-0.4, -0.2) is 40.7 Å². The Morgan fingerprint density at radius 3 is 2.62 bits per heavy atom. The Morgan fingerprint density at radius 1 is 1.30 bits per heavy atom. The zero-order valence-electron chi connectivity index (χ0n) is 21.2. The summed E-state index contributed by atoms with van der Waals surface area (Å²) in [6.07, 6.45) is 2.32. The van der Waals surface area contributed by atoms with E-state index in [0.29, 0.717) is 23.0 Å².